The van der Waals surface area contributed by atoms with E-state index >= 15 is 0 Å². The Balaban J connectivity index is 2.24. The highest BCUT2D eigenvalue weighted by Gasteiger charge is 2.52. The molecule has 0 amide bonds. The predicted molar refractivity (Wildman–Crippen MR) is 82.1 cm³/mol. The van der Waals surface area contributed by atoms with Gasteiger partial charge in [-0.2, -0.15) is 0 Å². The minimum Gasteiger partial charge on any atom is -0.400 e. The zero-order valence-corrected chi connectivity index (χ0v) is 12.9. The van der Waals surface area contributed by atoms with Gasteiger partial charge in [-0.25, -0.2) is 0 Å². The molecule has 1 fully saturated rings. The van der Waals surface area contributed by atoms with Crippen LogP contribution in [0.15, 0.2) is 23.8 Å². The van der Waals surface area contributed by atoms with Crippen molar-refractivity contribution in [3.05, 3.63) is 35.1 Å². The average molecular weight is 274 g/mol. The van der Waals surface area contributed by atoms with E-state index in [0.29, 0.717) is 6.54 Å². The second-order valence-corrected chi connectivity index (χ2v) is 6.27. The van der Waals surface area contributed by atoms with Crippen molar-refractivity contribution in [1.82, 2.24) is 4.98 Å². The summed E-state index contributed by atoms with van der Waals surface area (Å²) in [4.78, 5) is 4.37. The Labute approximate surface area is 121 Å². The zero-order valence-electron chi connectivity index (χ0n) is 12.9. The quantitative estimate of drug-likeness (QED) is 0.860. The molecule has 0 saturated carbocycles. The molecule has 1 aromatic heterocycles. The van der Waals surface area contributed by atoms with Crippen LogP contribution >= 0.6 is 0 Å². The lowest BCUT2D eigenvalue weighted by atomic mass is 9.77. The molecule has 4 nitrogen and oxygen atoms in total. The standard InChI is InChI=1S/C15H23BN2O2/c1-11-6-7-13(18-10-11)8-12(9-17)16-19-14(2,3)15(4,5)20-16/h6-8,10H,9,17H2,1-5H3. The lowest BCUT2D eigenvalue weighted by molar-refractivity contribution is 0.00578. The highest BCUT2D eigenvalue weighted by molar-refractivity contribution is 6.55. The van der Waals surface area contributed by atoms with Gasteiger partial charge in [0.2, 0.25) is 0 Å². The fourth-order valence-corrected chi connectivity index (χ4v) is 1.97. The fourth-order valence-electron chi connectivity index (χ4n) is 1.97. The first-order valence-electron chi connectivity index (χ1n) is 6.94. The number of hydrogen-bond acceptors (Lipinski definition) is 4. The van der Waals surface area contributed by atoms with Gasteiger partial charge in [0.05, 0.1) is 16.9 Å². The van der Waals surface area contributed by atoms with E-state index < -0.39 is 7.12 Å². The number of nitrogens with two attached hydrogens (primary N) is 1. The third-order valence-corrected chi connectivity index (χ3v) is 4.06. The maximum atomic E-state index is 6.01. The normalized spacial score (nSPS) is 21.3. The summed E-state index contributed by atoms with van der Waals surface area (Å²) in [6.07, 6.45) is 3.78. The first-order valence-corrected chi connectivity index (χ1v) is 6.94. The topological polar surface area (TPSA) is 57.4 Å². The number of pyridine rings is 1. The first kappa shape index (κ1) is 15.2. The molecule has 1 aromatic rings. The number of aromatic nitrogens is 1. The molecule has 108 valence electrons. The molecule has 0 spiro atoms. The van der Waals surface area contributed by atoms with E-state index in [4.69, 9.17) is 15.0 Å². The van der Waals surface area contributed by atoms with Gasteiger partial charge in [0.15, 0.2) is 0 Å². The minimum absolute atomic E-state index is 0.355. The van der Waals surface area contributed by atoms with E-state index in [1.54, 1.807) is 0 Å². The molecule has 0 unspecified atom stereocenters. The van der Waals surface area contributed by atoms with Gasteiger partial charge in [-0.1, -0.05) is 6.07 Å². The highest BCUT2D eigenvalue weighted by atomic mass is 16.7. The first-order chi connectivity index (χ1) is 9.25. The van der Waals surface area contributed by atoms with E-state index in [2.05, 4.69) is 4.98 Å². The van der Waals surface area contributed by atoms with Crippen molar-refractivity contribution in [3.63, 3.8) is 0 Å². The van der Waals surface area contributed by atoms with Crippen LogP contribution in [0.4, 0.5) is 0 Å². The van der Waals surface area contributed by atoms with Crippen molar-refractivity contribution in [2.75, 3.05) is 6.54 Å². The average Bonchev–Trinajstić information content (AvgIpc) is 2.57. The lowest BCUT2D eigenvalue weighted by Gasteiger charge is -2.32. The molecular weight excluding hydrogens is 251 g/mol. The molecule has 0 aromatic carbocycles. The Morgan fingerprint density at radius 1 is 1.25 bits per heavy atom. The van der Waals surface area contributed by atoms with Crippen LogP contribution < -0.4 is 5.73 Å². The minimum atomic E-state index is -0.409. The van der Waals surface area contributed by atoms with Gasteiger partial charge in [-0.15, -0.1) is 0 Å². The summed E-state index contributed by atoms with van der Waals surface area (Å²) in [5.74, 6) is 0. The summed E-state index contributed by atoms with van der Waals surface area (Å²) in [5, 5.41) is 0. The molecule has 2 heterocycles. The van der Waals surface area contributed by atoms with Gasteiger partial charge in [0, 0.05) is 12.7 Å². The van der Waals surface area contributed by atoms with Crippen LogP contribution in [-0.4, -0.2) is 29.8 Å². The number of aryl methyl sites for hydroxylation is 1. The van der Waals surface area contributed by atoms with Gasteiger partial charge in [-0.3, -0.25) is 4.98 Å². The maximum absolute atomic E-state index is 6.01. The molecular formula is C15H23BN2O2. The van der Waals surface area contributed by atoms with Gasteiger partial charge >= 0.3 is 7.12 Å². The number of hydrogen-bond donors (Lipinski definition) is 1. The number of rotatable bonds is 3. The second kappa shape index (κ2) is 5.32. The SMILES string of the molecule is Cc1ccc(C=C(CN)B2OC(C)(C)C(C)(C)O2)nc1. The van der Waals surface area contributed by atoms with Crippen molar-refractivity contribution in [1.29, 1.82) is 0 Å². The van der Waals surface area contributed by atoms with Gasteiger partial charge < -0.3 is 15.0 Å². The Morgan fingerprint density at radius 2 is 1.85 bits per heavy atom. The van der Waals surface area contributed by atoms with Crippen LogP contribution in [0.1, 0.15) is 39.0 Å². The molecule has 20 heavy (non-hydrogen) atoms. The van der Waals surface area contributed by atoms with Crippen LogP contribution in [0.25, 0.3) is 6.08 Å². The molecule has 0 atom stereocenters. The van der Waals surface area contributed by atoms with Crippen LogP contribution in [0.5, 0.6) is 0 Å². The third-order valence-electron chi connectivity index (χ3n) is 4.06. The van der Waals surface area contributed by atoms with Gasteiger partial charge in [0.25, 0.3) is 0 Å². The van der Waals surface area contributed by atoms with Crippen molar-refractivity contribution in [3.8, 4) is 0 Å². The van der Waals surface area contributed by atoms with E-state index in [1.807, 2.05) is 59.0 Å². The van der Waals surface area contributed by atoms with Gasteiger partial charge in [0.1, 0.15) is 0 Å². The molecule has 1 aliphatic heterocycles. The largest absolute Gasteiger partial charge is 0.491 e. The molecule has 0 radical (unpaired) electrons. The summed E-state index contributed by atoms with van der Waals surface area (Å²) < 4.78 is 12.0. The number of nitrogens with zero attached hydrogens (tertiary/aromatic N) is 1. The molecule has 0 bridgehead atoms. The predicted octanol–water partition coefficient (Wildman–Crippen LogP) is 2.36. The lowest BCUT2D eigenvalue weighted by Crippen LogP contribution is -2.41. The molecule has 2 rings (SSSR count). The molecule has 0 aliphatic carbocycles. The molecule has 1 saturated heterocycles. The third kappa shape index (κ3) is 2.95. The van der Waals surface area contributed by atoms with Gasteiger partial charge in [-0.05, 0) is 57.8 Å². The van der Waals surface area contributed by atoms with E-state index in [-0.39, 0.29) is 11.2 Å². The van der Waals surface area contributed by atoms with Crippen LogP contribution in [0.3, 0.4) is 0 Å². The summed E-state index contributed by atoms with van der Waals surface area (Å²) >= 11 is 0. The smallest absolute Gasteiger partial charge is 0.400 e. The Hall–Kier alpha value is -1.17. The maximum Gasteiger partial charge on any atom is 0.491 e. The molecule has 1 aliphatic rings. The highest BCUT2D eigenvalue weighted by Crippen LogP contribution is 2.38. The van der Waals surface area contributed by atoms with Crippen molar-refractivity contribution in [2.24, 2.45) is 5.73 Å². The van der Waals surface area contributed by atoms with Crippen molar-refractivity contribution < 1.29 is 9.31 Å². The van der Waals surface area contributed by atoms with E-state index in [0.717, 1.165) is 16.7 Å². The van der Waals surface area contributed by atoms with Crippen LogP contribution in [0.2, 0.25) is 0 Å². The van der Waals surface area contributed by atoms with Crippen LogP contribution in [0, 0.1) is 6.92 Å². The Morgan fingerprint density at radius 3 is 2.30 bits per heavy atom. The zero-order chi connectivity index (χ0) is 15.0. The fraction of sp³-hybridized carbons (Fsp3) is 0.533. The van der Waals surface area contributed by atoms with Crippen molar-refractivity contribution >= 4 is 13.2 Å². The Bertz CT molecular complexity index is 493. The summed E-state index contributed by atoms with van der Waals surface area (Å²) in [6.45, 7) is 10.5. The van der Waals surface area contributed by atoms with Crippen LogP contribution in [-0.2, 0) is 9.31 Å². The van der Waals surface area contributed by atoms with Crippen molar-refractivity contribution in [2.45, 2.75) is 45.8 Å². The van der Waals surface area contributed by atoms with E-state index in [9.17, 15) is 0 Å². The van der Waals surface area contributed by atoms with E-state index in [1.165, 1.54) is 0 Å². The summed E-state index contributed by atoms with van der Waals surface area (Å²) in [6, 6.07) is 3.99. The monoisotopic (exact) mass is 274 g/mol. The summed E-state index contributed by atoms with van der Waals surface area (Å²) in [7, 11) is -0.409. The molecule has 2 N–H and O–H groups in total. The Kier molecular flexibility index (Phi) is 4.05. The molecule has 5 heteroatoms. The summed E-state index contributed by atoms with van der Waals surface area (Å²) in [5.41, 5.74) is 8.04. The second-order valence-electron chi connectivity index (χ2n) is 6.27.